The molecule has 3 aromatic heterocycles. The highest BCUT2D eigenvalue weighted by atomic mass is 35.5. The molecule has 1 aliphatic rings. The zero-order valence-corrected chi connectivity index (χ0v) is 21.4. The third kappa shape index (κ3) is 4.66. The summed E-state index contributed by atoms with van der Waals surface area (Å²) in [6.07, 6.45) is 6.55. The molecule has 0 radical (unpaired) electrons. The first-order chi connectivity index (χ1) is 16.9. The predicted molar refractivity (Wildman–Crippen MR) is 138 cm³/mol. The monoisotopic (exact) mass is 507 g/mol. The van der Waals surface area contributed by atoms with E-state index < -0.39 is 0 Å². The van der Waals surface area contributed by atoms with Crippen molar-refractivity contribution in [3.05, 3.63) is 81.2 Å². The first kappa shape index (κ1) is 23.4. The Morgan fingerprint density at radius 3 is 2.71 bits per heavy atom. The van der Waals surface area contributed by atoms with Crippen LogP contribution in [0.25, 0.3) is 5.00 Å². The number of fused-ring (bicyclic) bond motifs is 3. The van der Waals surface area contributed by atoms with Gasteiger partial charge in [-0.2, -0.15) is 0 Å². The lowest BCUT2D eigenvalue weighted by Gasteiger charge is -2.14. The quantitative estimate of drug-likeness (QED) is 0.396. The molecule has 0 saturated heterocycles. The normalized spacial score (nSPS) is 14.7. The number of aromatic nitrogens is 5. The van der Waals surface area contributed by atoms with Crippen LogP contribution in [0.2, 0.25) is 5.02 Å². The van der Waals surface area contributed by atoms with Crippen LogP contribution < -0.4 is 5.32 Å². The number of nitrogens with zero attached hydrogens (tertiary/aromatic N) is 6. The van der Waals surface area contributed by atoms with Crippen molar-refractivity contribution in [1.29, 1.82) is 0 Å². The fraction of sp³-hybridized carbons (Fsp3) is 0.320. The predicted octanol–water partition coefficient (Wildman–Crippen LogP) is 4.59. The van der Waals surface area contributed by atoms with Crippen LogP contribution >= 0.6 is 22.9 Å². The molecule has 1 atom stereocenters. The van der Waals surface area contributed by atoms with Crippen molar-refractivity contribution in [2.45, 2.75) is 46.2 Å². The number of aliphatic imine (C=N–C) groups is 1. The van der Waals surface area contributed by atoms with E-state index >= 15 is 0 Å². The number of carbonyl (C=O) groups is 1. The highest BCUT2D eigenvalue weighted by molar-refractivity contribution is 7.15. The molecule has 0 aliphatic carbocycles. The van der Waals surface area contributed by atoms with Crippen LogP contribution in [0.1, 0.15) is 52.1 Å². The van der Waals surface area contributed by atoms with Gasteiger partial charge in [-0.05, 0) is 44.9 Å². The lowest BCUT2D eigenvalue weighted by Crippen LogP contribution is -2.29. The van der Waals surface area contributed by atoms with Gasteiger partial charge >= 0.3 is 0 Å². The van der Waals surface area contributed by atoms with E-state index in [1.807, 2.05) is 42.0 Å². The van der Waals surface area contributed by atoms with E-state index in [2.05, 4.69) is 38.9 Å². The van der Waals surface area contributed by atoms with E-state index in [0.29, 0.717) is 18.0 Å². The first-order valence-corrected chi connectivity index (χ1v) is 12.7. The second kappa shape index (κ2) is 9.75. The molecule has 8 nitrogen and oxygen atoms in total. The van der Waals surface area contributed by atoms with Crippen LogP contribution in [-0.2, 0) is 11.3 Å². The maximum absolute atomic E-state index is 12.6. The molecule has 4 aromatic rings. The van der Waals surface area contributed by atoms with Gasteiger partial charge in [0, 0.05) is 52.9 Å². The van der Waals surface area contributed by atoms with Crippen LogP contribution in [0.4, 0.5) is 0 Å². The third-order valence-corrected chi connectivity index (χ3v) is 7.67. The van der Waals surface area contributed by atoms with E-state index in [-0.39, 0.29) is 11.9 Å². The van der Waals surface area contributed by atoms with E-state index in [0.717, 1.165) is 46.5 Å². The van der Waals surface area contributed by atoms with E-state index in [1.165, 1.54) is 10.4 Å². The van der Waals surface area contributed by atoms with Gasteiger partial charge in [0.25, 0.3) is 0 Å². The summed E-state index contributed by atoms with van der Waals surface area (Å²) < 4.78 is 4.05. The number of aryl methyl sites for hydroxylation is 3. The molecule has 1 aromatic carbocycles. The summed E-state index contributed by atoms with van der Waals surface area (Å²) in [4.78, 5) is 23.1. The zero-order chi connectivity index (χ0) is 24.5. The molecule has 4 heterocycles. The van der Waals surface area contributed by atoms with Crippen molar-refractivity contribution in [3.8, 4) is 5.00 Å². The summed E-state index contributed by atoms with van der Waals surface area (Å²) >= 11 is 7.88. The summed E-state index contributed by atoms with van der Waals surface area (Å²) in [5, 5.41) is 13.6. The summed E-state index contributed by atoms with van der Waals surface area (Å²) in [6, 6.07) is 7.35. The molecule has 1 aliphatic heterocycles. The number of carbonyl (C=O) groups excluding carboxylic acids is 1. The van der Waals surface area contributed by atoms with Crippen LogP contribution in [0.3, 0.4) is 0 Å². The Kier molecular flexibility index (Phi) is 6.53. The smallest absolute Gasteiger partial charge is 0.220 e. The van der Waals surface area contributed by atoms with Gasteiger partial charge in [0.15, 0.2) is 5.82 Å². The molecule has 1 N–H and O–H groups in total. The van der Waals surface area contributed by atoms with E-state index in [1.54, 1.807) is 23.9 Å². The average Bonchev–Trinajstić information content (AvgIpc) is 3.54. The Morgan fingerprint density at radius 2 is 1.97 bits per heavy atom. The number of nitrogens with one attached hydrogen (secondary N) is 1. The zero-order valence-electron chi connectivity index (χ0n) is 19.8. The molecule has 1 amide bonds. The minimum atomic E-state index is -0.376. The van der Waals surface area contributed by atoms with Gasteiger partial charge in [-0.1, -0.05) is 23.7 Å². The Morgan fingerprint density at radius 1 is 1.17 bits per heavy atom. The first-order valence-electron chi connectivity index (χ1n) is 11.5. The maximum atomic E-state index is 12.6. The summed E-state index contributed by atoms with van der Waals surface area (Å²) in [5.74, 6) is 1.52. The van der Waals surface area contributed by atoms with Crippen molar-refractivity contribution in [3.63, 3.8) is 0 Å². The van der Waals surface area contributed by atoms with Gasteiger partial charge in [-0.3, -0.25) is 14.4 Å². The molecule has 0 saturated carbocycles. The number of imidazole rings is 1. The van der Waals surface area contributed by atoms with Gasteiger partial charge in [0.05, 0.1) is 12.0 Å². The average molecular weight is 508 g/mol. The van der Waals surface area contributed by atoms with Gasteiger partial charge in [0.1, 0.15) is 16.9 Å². The highest BCUT2D eigenvalue weighted by Gasteiger charge is 2.31. The SMILES string of the molecule is Cc1sc2c(c1C)C(c1ccc(Cl)cc1)=NC(CNC(=O)CCCn1ccnc1)c1nnc(C)n1-2. The molecule has 180 valence electrons. The number of rotatable bonds is 7. The molecule has 0 bridgehead atoms. The molecule has 0 spiro atoms. The van der Waals surface area contributed by atoms with Crippen molar-refractivity contribution >= 4 is 34.6 Å². The topological polar surface area (TPSA) is 90.0 Å². The largest absolute Gasteiger partial charge is 0.353 e. The molecule has 10 heteroatoms. The maximum Gasteiger partial charge on any atom is 0.220 e. The van der Waals surface area contributed by atoms with Crippen molar-refractivity contribution in [2.75, 3.05) is 6.54 Å². The number of thiophene rings is 1. The lowest BCUT2D eigenvalue weighted by molar-refractivity contribution is -0.121. The Balaban J connectivity index is 1.45. The summed E-state index contributed by atoms with van der Waals surface area (Å²) in [5.41, 5.74) is 4.11. The number of halogens is 1. The molecular weight excluding hydrogens is 482 g/mol. The van der Waals surface area contributed by atoms with Crippen molar-refractivity contribution in [1.82, 2.24) is 29.6 Å². The number of amides is 1. The van der Waals surface area contributed by atoms with Gasteiger partial charge in [0.2, 0.25) is 5.91 Å². The number of hydrogen-bond acceptors (Lipinski definition) is 6. The summed E-state index contributed by atoms with van der Waals surface area (Å²) in [6.45, 7) is 7.28. The molecule has 35 heavy (non-hydrogen) atoms. The van der Waals surface area contributed by atoms with Gasteiger partial charge < -0.3 is 9.88 Å². The third-order valence-electron chi connectivity index (χ3n) is 6.23. The Bertz CT molecular complexity index is 1390. The molecular formula is C25H26ClN7OS. The number of benzene rings is 1. The standard InChI is InChI=1S/C25H26ClN7OS/c1-15-16(2)35-25-22(15)23(18-6-8-19(26)9-7-18)29-20(24-31-30-17(3)33(24)25)13-28-21(34)5-4-11-32-12-10-27-14-32/h6-10,12,14,20H,4-5,11,13H2,1-3H3,(H,28,34). The van der Waals surface area contributed by atoms with Crippen LogP contribution in [0.5, 0.6) is 0 Å². The van der Waals surface area contributed by atoms with Crippen LogP contribution in [0, 0.1) is 20.8 Å². The highest BCUT2D eigenvalue weighted by Crippen LogP contribution is 2.38. The minimum Gasteiger partial charge on any atom is -0.353 e. The van der Waals surface area contributed by atoms with Crippen molar-refractivity contribution < 1.29 is 4.79 Å². The Hall–Kier alpha value is -3.30. The Labute approximate surface area is 212 Å². The van der Waals surface area contributed by atoms with Gasteiger partial charge in [-0.15, -0.1) is 21.5 Å². The van der Waals surface area contributed by atoms with Crippen LogP contribution in [0.15, 0.2) is 48.0 Å². The molecule has 0 fully saturated rings. The summed E-state index contributed by atoms with van der Waals surface area (Å²) in [7, 11) is 0. The van der Waals surface area contributed by atoms with Gasteiger partial charge in [-0.25, -0.2) is 4.98 Å². The van der Waals surface area contributed by atoms with E-state index in [9.17, 15) is 4.79 Å². The molecule has 1 unspecified atom stereocenters. The van der Waals surface area contributed by atoms with E-state index in [4.69, 9.17) is 16.6 Å². The van der Waals surface area contributed by atoms with Crippen molar-refractivity contribution in [2.24, 2.45) is 4.99 Å². The molecule has 5 rings (SSSR count). The second-order valence-corrected chi connectivity index (χ2v) is 10.3. The number of hydrogen-bond donors (Lipinski definition) is 1. The lowest BCUT2D eigenvalue weighted by atomic mass is 10.00. The van der Waals surface area contributed by atoms with Crippen LogP contribution in [-0.4, -0.2) is 42.5 Å². The fourth-order valence-electron chi connectivity index (χ4n) is 4.27. The second-order valence-electron chi connectivity index (χ2n) is 8.61. The fourth-order valence-corrected chi connectivity index (χ4v) is 5.61. The minimum absolute atomic E-state index is 0.0119.